The van der Waals surface area contributed by atoms with Gasteiger partial charge in [-0.05, 0) is 53.4 Å². The lowest BCUT2D eigenvalue weighted by Gasteiger charge is -2.44. The Labute approximate surface area is 180 Å². The van der Waals surface area contributed by atoms with Gasteiger partial charge in [-0.25, -0.2) is 9.59 Å². The lowest BCUT2D eigenvalue weighted by Crippen LogP contribution is -2.61. The van der Waals surface area contributed by atoms with E-state index in [2.05, 4.69) is 20.8 Å². The molecule has 0 aromatic carbocycles. The number of carbonyl (C=O) groups is 2. The lowest BCUT2D eigenvalue weighted by atomic mass is 9.84. The quantitative estimate of drug-likeness (QED) is 0.467. The van der Waals surface area contributed by atoms with Gasteiger partial charge in [0.2, 0.25) is 0 Å². The van der Waals surface area contributed by atoms with E-state index in [0.29, 0.717) is 11.1 Å². The standard InChI is InChI=1S/C23H38O7/c1-10-13(4)20(25)29-18-15(6)27-22(28-16(7)23(8,9)12-3)17(24)19(18)30-21(26)14(5)11-2/h10-11,15-19,22,24H,12H2,1-9H3/b13-10-,14-11-/t15?,16-,17?,18-,19?,22-/m0/s1. The third-order valence-electron chi connectivity index (χ3n) is 6.10. The van der Waals surface area contributed by atoms with Crippen molar-refractivity contribution in [2.24, 2.45) is 5.41 Å². The van der Waals surface area contributed by atoms with E-state index in [9.17, 15) is 14.7 Å². The molecule has 6 atom stereocenters. The third kappa shape index (κ3) is 6.40. The summed E-state index contributed by atoms with van der Waals surface area (Å²) in [5.41, 5.74) is 0.643. The molecule has 1 rings (SSSR count). The van der Waals surface area contributed by atoms with Crippen LogP contribution in [-0.4, -0.2) is 53.9 Å². The van der Waals surface area contributed by atoms with Crippen molar-refractivity contribution in [3.05, 3.63) is 23.3 Å². The van der Waals surface area contributed by atoms with Crippen molar-refractivity contribution in [2.45, 2.75) is 106 Å². The van der Waals surface area contributed by atoms with Gasteiger partial charge >= 0.3 is 11.9 Å². The fourth-order valence-electron chi connectivity index (χ4n) is 2.74. The minimum atomic E-state index is -1.33. The number of allylic oxidation sites excluding steroid dienone is 2. The first kappa shape index (κ1) is 26.3. The SMILES string of the molecule is C/C=C(/C)C(=O)OC1C(O)[C@H](O[C@@H](C)C(C)(C)CC)OC(C)[C@@H]1OC(=O)/C(C)=C\C. The van der Waals surface area contributed by atoms with E-state index in [0.717, 1.165) is 6.42 Å². The Hall–Kier alpha value is -1.70. The van der Waals surface area contributed by atoms with Crippen molar-refractivity contribution in [3.8, 4) is 0 Å². The molecular weight excluding hydrogens is 388 g/mol. The summed E-state index contributed by atoms with van der Waals surface area (Å²) in [7, 11) is 0. The van der Waals surface area contributed by atoms with Crippen LogP contribution in [0.3, 0.4) is 0 Å². The van der Waals surface area contributed by atoms with Crippen molar-refractivity contribution in [3.63, 3.8) is 0 Å². The molecule has 0 bridgehead atoms. The number of esters is 2. The van der Waals surface area contributed by atoms with Crippen LogP contribution >= 0.6 is 0 Å². The molecule has 172 valence electrons. The van der Waals surface area contributed by atoms with Gasteiger partial charge in [0.1, 0.15) is 6.10 Å². The highest BCUT2D eigenvalue weighted by molar-refractivity contribution is 5.88. The Morgan fingerprint density at radius 2 is 1.53 bits per heavy atom. The normalized spacial score (nSPS) is 29.3. The maximum atomic E-state index is 12.4. The van der Waals surface area contributed by atoms with Gasteiger partial charge in [0.15, 0.2) is 18.5 Å². The highest BCUT2D eigenvalue weighted by atomic mass is 16.7. The molecule has 7 nitrogen and oxygen atoms in total. The van der Waals surface area contributed by atoms with Crippen LogP contribution in [0.5, 0.6) is 0 Å². The van der Waals surface area contributed by atoms with Crippen LogP contribution < -0.4 is 0 Å². The van der Waals surface area contributed by atoms with Gasteiger partial charge in [0.05, 0.1) is 12.2 Å². The summed E-state index contributed by atoms with van der Waals surface area (Å²) in [6, 6.07) is 0. The van der Waals surface area contributed by atoms with E-state index in [1.807, 2.05) is 6.92 Å². The van der Waals surface area contributed by atoms with Gasteiger partial charge in [0, 0.05) is 11.1 Å². The summed E-state index contributed by atoms with van der Waals surface area (Å²) in [5, 5.41) is 11.0. The minimum absolute atomic E-state index is 0.146. The molecule has 0 aromatic heterocycles. The fourth-order valence-corrected chi connectivity index (χ4v) is 2.74. The monoisotopic (exact) mass is 426 g/mol. The number of hydrogen-bond acceptors (Lipinski definition) is 7. The Balaban J connectivity index is 3.16. The van der Waals surface area contributed by atoms with Crippen molar-refractivity contribution in [1.29, 1.82) is 0 Å². The zero-order valence-corrected chi connectivity index (χ0v) is 19.7. The summed E-state index contributed by atoms with van der Waals surface area (Å²) in [6.07, 6.45) is -1.25. The number of ether oxygens (including phenoxy) is 4. The molecule has 0 aliphatic carbocycles. The predicted molar refractivity (Wildman–Crippen MR) is 114 cm³/mol. The van der Waals surface area contributed by atoms with Gasteiger partial charge in [-0.3, -0.25) is 0 Å². The van der Waals surface area contributed by atoms with E-state index in [4.69, 9.17) is 18.9 Å². The molecule has 3 unspecified atom stereocenters. The Morgan fingerprint density at radius 1 is 1.07 bits per heavy atom. The second-order valence-corrected chi connectivity index (χ2v) is 8.50. The van der Waals surface area contributed by atoms with Crippen LogP contribution in [-0.2, 0) is 28.5 Å². The molecule has 7 heteroatoms. The highest BCUT2D eigenvalue weighted by Gasteiger charge is 2.49. The smallest absolute Gasteiger partial charge is 0.333 e. The molecule has 1 saturated heterocycles. The molecule has 1 aliphatic rings. The van der Waals surface area contributed by atoms with E-state index >= 15 is 0 Å². The Bertz CT molecular complexity index is 664. The molecule has 0 spiro atoms. The van der Waals surface area contributed by atoms with Crippen molar-refractivity contribution in [2.75, 3.05) is 0 Å². The first-order chi connectivity index (χ1) is 13.9. The molecule has 1 heterocycles. The Kier molecular flexibility index (Phi) is 9.72. The van der Waals surface area contributed by atoms with Crippen LogP contribution in [0.4, 0.5) is 0 Å². The molecule has 1 N–H and O–H groups in total. The summed E-state index contributed by atoms with van der Waals surface area (Å²) in [4.78, 5) is 24.7. The van der Waals surface area contributed by atoms with Gasteiger partial charge in [-0.2, -0.15) is 0 Å². The average molecular weight is 427 g/mol. The van der Waals surface area contributed by atoms with Gasteiger partial charge in [0.25, 0.3) is 0 Å². The average Bonchev–Trinajstić information content (AvgIpc) is 2.72. The van der Waals surface area contributed by atoms with Crippen LogP contribution in [0.2, 0.25) is 0 Å². The number of aliphatic hydroxyl groups excluding tert-OH is 1. The molecule has 0 amide bonds. The zero-order chi connectivity index (χ0) is 23.2. The van der Waals surface area contributed by atoms with Crippen molar-refractivity contribution >= 4 is 11.9 Å². The largest absolute Gasteiger partial charge is 0.452 e. The summed E-state index contributed by atoms with van der Waals surface area (Å²) >= 11 is 0. The van der Waals surface area contributed by atoms with E-state index < -0.39 is 42.6 Å². The topological polar surface area (TPSA) is 91.3 Å². The number of hydrogen-bond donors (Lipinski definition) is 1. The Morgan fingerprint density at radius 3 is 1.97 bits per heavy atom. The van der Waals surface area contributed by atoms with Gasteiger partial charge < -0.3 is 24.1 Å². The molecule has 0 radical (unpaired) electrons. The fraction of sp³-hybridized carbons (Fsp3) is 0.739. The van der Waals surface area contributed by atoms with Crippen LogP contribution in [0.25, 0.3) is 0 Å². The predicted octanol–water partition coefficient (Wildman–Crippen LogP) is 3.69. The summed E-state index contributed by atoms with van der Waals surface area (Å²) < 4.78 is 23.0. The van der Waals surface area contributed by atoms with Crippen LogP contribution in [0.1, 0.15) is 68.7 Å². The molecule has 1 aliphatic heterocycles. The van der Waals surface area contributed by atoms with E-state index in [-0.39, 0.29) is 11.5 Å². The van der Waals surface area contributed by atoms with Gasteiger partial charge in [-0.15, -0.1) is 0 Å². The molecule has 30 heavy (non-hydrogen) atoms. The highest BCUT2D eigenvalue weighted by Crippen LogP contribution is 2.33. The van der Waals surface area contributed by atoms with Crippen molar-refractivity contribution in [1.82, 2.24) is 0 Å². The number of aliphatic hydroxyl groups is 1. The van der Waals surface area contributed by atoms with Crippen LogP contribution in [0.15, 0.2) is 23.3 Å². The van der Waals surface area contributed by atoms with Gasteiger partial charge in [-0.1, -0.05) is 32.9 Å². The zero-order valence-electron chi connectivity index (χ0n) is 19.7. The molecule has 0 saturated carbocycles. The molecule has 0 aromatic rings. The van der Waals surface area contributed by atoms with E-state index in [1.165, 1.54) is 0 Å². The minimum Gasteiger partial charge on any atom is -0.452 e. The second-order valence-electron chi connectivity index (χ2n) is 8.50. The lowest BCUT2D eigenvalue weighted by molar-refractivity contribution is -0.312. The van der Waals surface area contributed by atoms with Crippen molar-refractivity contribution < 1.29 is 33.6 Å². The summed E-state index contributed by atoms with van der Waals surface area (Å²) in [5.74, 6) is -1.16. The second kappa shape index (κ2) is 11.1. The number of carbonyl (C=O) groups excluding carboxylic acids is 2. The molecular formula is C23H38O7. The maximum absolute atomic E-state index is 12.4. The summed E-state index contributed by atoms with van der Waals surface area (Å²) in [6.45, 7) is 16.5. The maximum Gasteiger partial charge on any atom is 0.333 e. The first-order valence-corrected chi connectivity index (χ1v) is 10.6. The van der Waals surface area contributed by atoms with Crippen LogP contribution in [0, 0.1) is 5.41 Å². The van der Waals surface area contributed by atoms with E-state index in [1.54, 1.807) is 46.8 Å². The third-order valence-corrected chi connectivity index (χ3v) is 6.10. The number of rotatable bonds is 8. The first-order valence-electron chi connectivity index (χ1n) is 10.6. The molecule has 1 fully saturated rings.